The molecule has 118 valence electrons. The molecule has 2 aromatic heterocycles. The summed E-state index contributed by atoms with van der Waals surface area (Å²) in [6, 6.07) is 4.94. The molecule has 2 saturated carbocycles. The lowest BCUT2D eigenvalue weighted by atomic mass is 9.83. The molecule has 0 radical (unpaired) electrons. The van der Waals surface area contributed by atoms with Gasteiger partial charge in [0.15, 0.2) is 0 Å². The van der Waals surface area contributed by atoms with Crippen LogP contribution in [-0.2, 0) is 0 Å². The van der Waals surface area contributed by atoms with Crippen LogP contribution >= 0.6 is 22.7 Å². The van der Waals surface area contributed by atoms with E-state index in [-0.39, 0.29) is 0 Å². The van der Waals surface area contributed by atoms with E-state index >= 15 is 0 Å². The summed E-state index contributed by atoms with van der Waals surface area (Å²) in [4.78, 5) is 3.12. The van der Waals surface area contributed by atoms with Gasteiger partial charge < -0.3 is 0 Å². The van der Waals surface area contributed by atoms with Gasteiger partial charge >= 0.3 is 0 Å². The Balaban J connectivity index is 1.57. The second-order valence-electron chi connectivity index (χ2n) is 7.12. The van der Waals surface area contributed by atoms with Crippen molar-refractivity contribution in [2.45, 2.75) is 76.0 Å². The maximum Gasteiger partial charge on any atom is 0.0477 e. The van der Waals surface area contributed by atoms with E-state index in [0.29, 0.717) is 0 Å². The Labute approximate surface area is 142 Å². The van der Waals surface area contributed by atoms with E-state index in [4.69, 9.17) is 0 Å². The third-order valence-corrected chi connectivity index (χ3v) is 7.72. The van der Waals surface area contributed by atoms with Crippen LogP contribution in [0.15, 0.2) is 22.9 Å². The van der Waals surface area contributed by atoms with Crippen LogP contribution in [0.4, 0.5) is 0 Å². The van der Waals surface area contributed by atoms with E-state index in [9.17, 15) is 0 Å². The summed E-state index contributed by atoms with van der Waals surface area (Å²) in [6.45, 7) is 0. The summed E-state index contributed by atoms with van der Waals surface area (Å²) >= 11 is 3.96. The Morgan fingerprint density at radius 1 is 0.773 bits per heavy atom. The van der Waals surface area contributed by atoms with Gasteiger partial charge in [0.05, 0.1) is 0 Å². The van der Waals surface area contributed by atoms with Gasteiger partial charge in [-0.05, 0) is 71.5 Å². The fraction of sp³-hybridized carbons (Fsp3) is 0.600. The normalized spacial score (nSPS) is 21.3. The highest BCUT2D eigenvalue weighted by molar-refractivity contribution is 7.20. The van der Waals surface area contributed by atoms with Crippen molar-refractivity contribution in [3.05, 3.63) is 34.0 Å². The van der Waals surface area contributed by atoms with Crippen molar-refractivity contribution in [3.8, 4) is 9.75 Å². The Bertz CT molecular complexity index is 595. The van der Waals surface area contributed by atoms with Crippen LogP contribution in [0.5, 0.6) is 0 Å². The topological polar surface area (TPSA) is 0 Å². The summed E-state index contributed by atoms with van der Waals surface area (Å²) in [6.07, 6.45) is 14.3. The molecule has 0 nitrogen and oxygen atoms in total. The molecule has 0 bridgehead atoms. The monoisotopic (exact) mass is 330 g/mol. The van der Waals surface area contributed by atoms with Crippen LogP contribution in [0.3, 0.4) is 0 Å². The van der Waals surface area contributed by atoms with Gasteiger partial charge in [-0.1, -0.05) is 38.5 Å². The summed E-state index contributed by atoms with van der Waals surface area (Å²) in [5.74, 6) is 1.67. The zero-order valence-corrected chi connectivity index (χ0v) is 15.0. The van der Waals surface area contributed by atoms with Crippen LogP contribution in [0.2, 0.25) is 0 Å². The molecule has 0 unspecified atom stereocenters. The molecule has 2 fully saturated rings. The SMILES string of the molecule is c1cc(C2CCCCC2)c(-c2cc(C3CCCCC3)cs2)s1. The van der Waals surface area contributed by atoms with Crippen molar-refractivity contribution in [1.82, 2.24) is 0 Å². The maximum atomic E-state index is 2.53. The fourth-order valence-corrected chi connectivity index (χ4v) is 6.51. The molecule has 2 aliphatic carbocycles. The Morgan fingerprint density at radius 2 is 1.45 bits per heavy atom. The maximum absolute atomic E-state index is 2.53. The molecule has 0 aliphatic heterocycles. The third kappa shape index (κ3) is 3.05. The van der Waals surface area contributed by atoms with Gasteiger partial charge in [0, 0.05) is 9.75 Å². The summed E-state index contributed by atoms with van der Waals surface area (Å²) in [5, 5.41) is 4.77. The molecule has 0 N–H and O–H groups in total. The minimum atomic E-state index is 0.829. The summed E-state index contributed by atoms with van der Waals surface area (Å²) < 4.78 is 0. The highest BCUT2D eigenvalue weighted by atomic mass is 32.1. The summed E-state index contributed by atoms with van der Waals surface area (Å²) in [5.41, 5.74) is 3.28. The van der Waals surface area contributed by atoms with Crippen LogP contribution in [0, 0.1) is 0 Å². The fourth-order valence-electron chi connectivity index (χ4n) is 4.37. The van der Waals surface area contributed by atoms with E-state index in [0.717, 1.165) is 11.8 Å². The zero-order chi connectivity index (χ0) is 14.8. The van der Waals surface area contributed by atoms with Crippen LogP contribution < -0.4 is 0 Å². The second kappa shape index (κ2) is 6.88. The highest BCUT2D eigenvalue weighted by Crippen LogP contribution is 2.44. The molecule has 2 heteroatoms. The molecule has 0 atom stereocenters. The van der Waals surface area contributed by atoms with Crippen LogP contribution in [0.1, 0.15) is 87.2 Å². The quantitative estimate of drug-likeness (QED) is 0.544. The first-order chi connectivity index (χ1) is 10.9. The Morgan fingerprint density at radius 3 is 2.18 bits per heavy atom. The molecule has 0 spiro atoms. The molecule has 4 rings (SSSR count). The highest BCUT2D eigenvalue weighted by Gasteiger charge is 2.22. The lowest BCUT2D eigenvalue weighted by molar-refractivity contribution is 0.444. The zero-order valence-electron chi connectivity index (χ0n) is 13.4. The average molecular weight is 331 g/mol. The molecule has 0 amide bonds. The van der Waals surface area contributed by atoms with E-state index in [2.05, 4.69) is 22.9 Å². The number of hydrogen-bond donors (Lipinski definition) is 0. The van der Waals surface area contributed by atoms with E-state index < -0.39 is 0 Å². The third-order valence-electron chi connectivity index (χ3n) is 5.66. The molecule has 2 aromatic rings. The van der Waals surface area contributed by atoms with Gasteiger partial charge in [-0.3, -0.25) is 0 Å². The first-order valence-electron chi connectivity index (χ1n) is 9.08. The van der Waals surface area contributed by atoms with Gasteiger partial charge in [0.25, 0.3) is 0 Å². The first-order valence-corrected chi connectivity index (χ1v) is 10.8. The number of thiophene rings is 2. The molecular formula is C20H26S2. The molecule has 2 heterocycles. The van der Waals surface area contributed by atoms with Gasteiger partial charge in [0.2, 0.25) is 0 Å². The standard InChI is InChI=1S/C20H26S2/c1-3-7-15(8-4-1)17-13-19(22-14-17)20-18(11-12-21-20)16-9-5-2-6-10-16/h11-16H,1-10H2. The van der Waals surface area contributed by atoms with Crippen molar-refractivity contribution < 1.29 is 0 Å². The van der Waals surface area contributed by atoms with E-state index in [1.165, 1.54) is 69.1 Å². The molecule has 22 heavy (non-hydrogen) atoms. The number of rotatable bonds is 3. The minimum absolute atomic E-state index is 0.829. The van der Waals surface area contributed by atoms with Crippen molar-refractivity contribution >= 4 is 22.7 Å². The van der Waals surface area contributed by atoms with Gasteiger partial charge in [-0.15, -0.1) is 22.7 Å². The van der Waals surface area contributed by atoms with Gasteiger partial charge in [-0.2, -0.15) is 0 Å². The van der Waals surface area contributed by atoms with Crippen molar-refractivity contribution in [3.63, 3.8) is 0 Å². The molecule has 0 saturated heterocycles. The molecule has 0 aromatic carbocycles. The predicted octanol–water partition coefficient (Wildman–Crippen LogP) is 7.57. The Kier molecular flexibility index (Phi) is 4.68. The van der Waals surface area contributed by atoms with Gasteiger partial charge in [-0.25, -0.2) is 0 Å². The Hall–Kier alpha value is -0.600. The smallest absolute Gasteiger partial charge is 0.0477 e. The first kappa shape index (κ1) is 15.0. The van der Waals surface area contributed by atoms with Crippen molar-refractivity contribution in [1.29, 1.82) is 0 Å². The molecule has 2 aliphatic rings. The second-order valence-corrected chi connectivity index (χ2v) is 8.95. The lowest BCUT2D eigenvalue weighted by Gasteiger charge is -2.22. The summed E-state index contributed by atoms with van der Waals surface area (Å²) in [7, 11) is 0. The van der Waals surface area contributed by atoms with Gasteiger partial charge in [0.1, 0.15) is 0 Å². The van der Waals surface area contributed by atoms with E-state index in [1.807, 2.05) is 22.7 Å². The van der Waals surface area contributed by atoms with Crippen LogP contribution in [0.25, 0.3) is 9.75 Å². The lowest BCUT2D eigenvalue weighted by Crippen LogP contribution is -2.04. The van der Waals surface area contributed by atoms with Crippen LogP contribution in [-0.4, -0.2) is 0 Å². The number of hydrogen-bond acceptors (Lipinski definition) is 2. The largest absolute Gasteiger partial charge is 0.143 e. The molecular weight excluding hydrogens is 304 g/mol. The average Bonchev–Trinajstić information content (AvgIpc) is 3.25. The van der Waals surface area contributed by atoms with Crippen molar-refractivity contribution in [2.24, 2.45) is 0 Å². The predicted molar refractivity (Wildman–Crippen MR) is 99.3 cm³/mol. The van der Waals surface area contributed by atoms with E-state index in [1.54, 1.807) is 16.0 Å². The van der Waals surface area contributed by atoms with Crippen molar-refractivity contribution in [2.75, 3.05) is 0 Å². The minimum Gasteiger partial charge on any atom is -0.143 e.